The number of benzene rings is 2. The summed E-state index contributed by atoms with van der Waals surface area (Å²) in [6.45, 7) is 2.01. The summed E-state index contributed by atoms with van der Waals surface area (Å²) in [5.74, 6) is 0.526. The molecule has 0 saturated heterocycles. The highest BCUT2D eigenvalue weighted by Crippen LogP contribution is 2.29. The van der Waals surface area contributed by atoms with E-state index in [1.807, 2.05) is 37.3 Å². The lowest BCUT2D eigenvalue weighted by Gasteiger charge is -2.12. The van der Waals surface area contributed by atoms with Gasteiger partial charge in [0.05, 0.1) is 11.3 Å². The molecular formula is C19H17Br2N5O. The van der Waals surface area contributed by atoms with Gasteiger partial charge in [0.15, 0.2) is 0 Å². The minimum atomic E-state index is -0.182. The number of nitrogens with two attached hydrogens (primary N) is 1. The Kier molecular flexibility index (Phi) is 5.76. The molecule has 0 radical (unpaired) electrons. The van der Waals surface area contributed by atoms with Gasteiger partial charge in [0.1, 0.15) is 5.82 Å². The molecule has 3 aromatic rings. The second kappa shape index (κ2) is 8.06. The Morgan fingerprint density at radius 2 is 1.85 bits per heavy atom. The van der Waals surface area contributed by atoms with Crippen LogP contribution in [0.1, 0.15) is 15.9 Å². The van der Waals surface area contributed by atoms with Crippen LogP contribution in [0.15, 0.2) is 51.4 Å². The molecule has 6 nitrogen and oxygen atoms in total. The number of amides is 1. The maximum Gasteiger partial charge on any atom is 0.252 e. The van der Waals surface area contributed by atoms with Crippen LogP contribution in [0.4, 0.5) is 17.5 Å². The Bertz CT molecular complexity index is 1020. The lowest BCUT2D eigenvalue weighted by Crippen LogP contribution is -2.18. The van der Waals surface area contributed by atoms with Gasteiger partial charge < -0.3 is 16.4 Å². The molecule has 1 heterocycles. The fourth-order valence-electron chi connectivity index (χ4n) is 2.60. The number of halogens is 2. The van der Waals surface area contributed by atoms with Crippen molar-refractivity contribution < 1.29 is 4.79 Å². The van der Waals surface area contributed by atoms with Gasteiger partial charge >= 0.3 is 0 Å². The van der Waals surface area contributed by atoms with E-state index in [1.165, 1.54) is 0 Å². The molecule has 0 unspecified atom stereocenters. The van der Waals surface area contributed by atoms with Gasteiger partial charge in [0, 0.05) is 33.3 Å². The van der Waals surface area contributed by atoms with Crippen LogP contribution >= 0.6 is 31.9 Å². The van der Waals surface area contributed by atoms with Crippen molar-refractivity contribution in [1.82, 2.24) is 15.3 Å². The molecule has 4 N–H and O–H groups in total. The lowest BCUT2D eigenvalue weighted by molar-refractivity contribution is 0.0962. The zero-order chi connectivity index (χ0) is 19.6. The maximum absolute atomic E-state index is 12.0. The standard InChI is InChI=1S/C19H17Br2N5O/c1-10-3-4-11(20)7-13(10)16-9-17(26-19(22)25-16)24-12-5-6-15(21)14(8-12)18(27)23-2/h3-9H,1-2H3,(H,23,27)(H3,22,24,25,26). The van der Waals surface area contributed by atoms with Gasteiger partial charge in [-0.3, -0.25) is 4.79 Å². The number of nitrogen functional groups attached to an aromatic ring is 1. The predicted octanol–water partition coefficient (Wildman–Crippen LogP) is 4.66. The average Bonchev–Trinajstić information content (AvgIpc) is 2.64. The molecule has 0 fully saturated rings. The normalized spacial score (nSPS) is 10.5. The number of hydrogen-bond donors (Lipinski definition) is 3. The Morgan fingerprint density at radius 3 is 2.59 bits per heavy atom. The largest absolute Gasteiger partial charge is 0.368 e. The van der Waals surface area contributed by atoms with E-state index >= 15 is 0 Å². The number of nitrogens with zero attached hydrogens (tertiary/aromatic N) is 2. The topological polar surface area (TPSA) is 92.9 Å². The van der Waals surface area contributed by atoms with E-state index < -0.39 is 0 Å². The maximum atomic E-state index is 12.0. The first-order valence-electron chi connectivity index (χ1n) is 8.07. The number of aromatic nitrogens is 2. The van der Waals surface area contributed by atoms with Crippen molar-refractivity contribution in [2.75, 3.05) is 18.1 Å². The first kappa shape index (κ1) is 19.3. The SMILES string of the molecule is CNC(=O)c1cc(Nc2cc(-c3cc(Br)ccc3C)nc(N)n2)ccc1Br. The summed E-state index contributed by atoms with van der Waals surface area (Å²) >= 11 is 6.87. The minimum absolute atomic E-state index is 0.165. The molecule has 8 heteroatoms. The molecular weight excluding hydrogens is 474 g/mol. The average molecular weight is 491 g/mol. The molecule has 27 heavy (non-hydrogen) atoms. The summed E-state index contributed by atoms with van der Waals surface area (Å²) in [4.78, 5) is 20.6. The Balaban J connectivity index is 1.98. The Labute approximate surface area is 173 Å². The molecule has 0 spiro atoms. The molecule has 0 aliphatic rings. The van der Waals surface area contributed by atoms with Crippen LogP contribution in [0.25, 0.3) is 11.3 Å². The fraction of sp³-hybridized carbons (Fsp3) is 0.105. The van der Waals surface area contributed by atoms with E-state index in [0.29, 0.717) is 27.2 Å². The van der Waals surface area contributed by atoms with Gasteiger partial charge in [-0.15, -0.1) is 0 Å². The van der Waals surface area contributed by atoms with E-state index in [2.05, 4.69) is 52.5 Å². The number of nitrogens with one attached hydrogen (secondary N) is 2. The second-order valence-corrected chi connectivity index (χ2v) is 7.62. The minimum Gasteiger partial charge on any atom is -0.368 e. The van der Waals surface area contributed by atoms with Crippen molar-refractivity contribution in [3.05, 3.63) is 62.5 Å². The molecule has 138 valence electrons. The zero-order valence-corrected chi connectivity index (χ0v) is 17.8. The van der Waals surface area contributed by atoms with Crippen molar-refractivity contribution in [1.29, 1.82) is 0 Å². The smallest absolute Gasteiger partial charge is 0.252 e. The van der Waals surface area contributed by atoms with E-state index in [-0.39, 0.29) is 11.9 Å². The highest BCUT2D eigenvalue weighted by Gasteiger charge is 2.12. The molecule has 0 atom stereocenters. The number of aryl methyl sites for hydroxylation is 1. The van der Waals surface area contributed by atoms with Gasteiger partial charge in [0.25, 0.3) is 5.91 Å². The summed E-state index contributed by atoms with van der Waals surface area (Å²) < 4.78 is 1.66. The van der Waals surface area contributed by atoms with Crippen LogP contribution in [-0.2, 0) is 0 Å². The van der Waals surface area contributed by atoms with Crippen LogP contribution in [0.5, 0.6) is 0 Å². The summed E-state index contributed by atoms with van der Waals surface area (Å²) in [6, 6.07) is 13.2. The van der Waals surface area contributed by atoms with Crippen molar-refractivity contribution in [2.24, 2.45) is 0 Å². The van der Waals surface area contributed by atoms with E-state index in [1.54, 1.807) is 19.2 Å². The quantitative estimate of drug-likeness (QED) is 0.494. The Morgan fingerprint density at radius 1 is 1.07 bits per heavy atom. The highest BCUT2D eigenvalue weighted by atomic mass is 79.9. The molecule has 0 saturated carbocycles. The summed E-state index contributed by atoms with van der Waals surface area (Å²) in [6.07, 6.45) is 0. The molecule has 0 bridgehead atoms. The van der Waals surface area contributed by atoms with Crippen LogP contribution in [0, 0.1) is 6.92 Å². The molecule has 2 aromatic carbocycles. The predicted molar refractivity (Wildman–Crippen MR) is 115 cm³/mol. The third-order valence-electron chi connectivity index (χ3n) is 3.93. The molecule has 3 rings (SSSR count). The van der Waals surface area contributed by atoms with Crippen molar-refractivity contribution >= 4 is 55.2 Å². The van der Waals surface area contributed by atoms with Gasteiger partial charge in [-0.05, 0) is 58.7 Å². The van der Waals surface area contributed by atoms with Crippen molar-refractivity contribution in [2.45, 2.75) is 6.92 Å². The van der Waals surface area contributed by atoms with Crippen LogP contribution in [0.2, 0.25) is 0 Å². The number of carbonyl (C=O) groups excluding carboxylic acids is 1. The van der Waals surface area contributed by atoms with E-state index in [9.17, 15) is 4.79 Å². The molecule has 1 aromatic heterocycles. The van der Waals surface area contributed by atoms with E-state index in [4.69, 9.17) is 5.73 Å². The lowest BCUT2D eigenvalue weighted by atomic mass is 10.1. The zero-order valence-electron chi connectivity index (χ0n) is 14.7. The van der Waals surface area contributed by atoms with Gasteiger partial charge in [0.2, 0.25) is 5.95 Å². The first-order chi connectivity index (χ1) is 12.9. The molecule has 1 amide bonds. The van der Waals surface area contributed by atoms with Crippen LogP contribution in [0.3, 0.4) is 0 Å². The summed E-state index contributed by atoms with van der Waals surface area (Å²) in [5.41, 5.74) is 9.91. The second-order valence-electron chi connectivity index (χ2n) is 5.85. The molecule has 0 aliphatic carbocycles. The third kappa shape index (κ3) is 4.45. The van der Waals surface area contributed by atoms with E-state index in [0.717, 1.165) is 15.6 Å². The van der Waals surface area contributed by atoms with Crippen LogP contribution in [-0.4, -0.2) is 22.9 Å². The highest BCUT2D eigenvalue weighted by molar-refractivity contribution is 9.10. The van der Waals surface area contributed by atoms with Gasteiger partial charge in [-0.1, -0.05) is 22.0 Å². The van der Waals surface area contributed by atoms with Gasteiger partial charge in [-0.25, -0.2) is 4.98 Å². The fourth-order valence-corrected chi connectivity index (χ4v) is 3.39. The summed E-state index contributed by atoms with van der Waals surface area (Å²) in [7, 11) is 1.59. The third-order valence-corrected chi connectivity index (χ3v) is 5.11. The summed E-state index contributed by atoms with van der Waals surface area (Å²) in [5, 5.41) is 5.81. The Hall–Kier alpha value is -2.45. The van der Waals surface area contributed by atoms with Crippen molar-refractivity contribution in [3.8, 4) is 11.3 Å². The van der Waals surface area contributed by atoms with Crippen molar-refractivity contribution in [3.63, 3.8) is 0 Å². The molecule has 0 aliphatic heterocycles. The van der Waals surface area contributed by atoms with Crippen LogP contribution < -0.4 is 16.4 Å². The van der Waals surface area contributed by atoms with Gasteiger partial charge in [-0.2, -0.15) is 4.98 Å². The number of carbonyl (C=O) groups is 1. The number of hydrogen-bond acceptors (Lipinski definition) is 5. The number of rotatable bonds is 4. The number of anilines is 3. The first-order valence-corrected chi connectivity index (χ1v) is 9.65. The monoisotopic (exact) mass is 489 g/mol.